The number of carboxylic acid groups (broad SMARTS) is 1. The minimum absolute atomic E-state index is 0.185. The number of benzene rings is 1. The number of amides is 1. The summed E-state index contributed by atoms with van der Waals surface area (Å²) in [6.45, 7) is 0.371. The van der Waals surface area contributed by atoms with E-state index in [9.17, 15) is 9.59 Å². The number of Topliss-reactive ketones (excluding diaryl/α,β-unsaturated/α-hetero) is 1. The molecule has 0 unspecified atom stereocenters. The lowest BCUT2D eigenvalue weighted by atomic mass is 10.2. The quantitative estimate of drug-likeness (QED) is 0.853. The first kappa shape index (κ1) is 12.8. The number of allylic oxidation sites excluding steroid dienone is 6. The minimum atomic E-state index is -0.992. The summed E-state index contributed by atoms with van der Waals surface area (Å²) in [5, 5.41) is 10.5. The number of carbonyl (C=O) groups excluding carboxylic acids is 1. The van der Waals surface area contributed by atoms with Crippen molar-refractivity contribution >= 4 is 11.9 Å². The summed E-state index contributed by atoms with van der Waals surface area (Å²) in [6, 6.07) is 9.38. The molecule has 0 spiro atoms. The first-order valence-corrected chi connectivity index (χ1v) is 5.82. The Morgan fingerprint density at radius 1 is 1.05 bits per heavy atom. The van der Waals surface area contributed by atoms with Crippen molar-refractivity contribution in [3.8, 4) is 0 Å². The molecule has 1 aromatic rings. The van der Waals surface area contributed by atoms with Crippen molar-refractivity contribution in [3.63, 3.8) is 0 Å². The Balaban J connectivity index is 0.000000146. The molecule has 0 radical (unpaired) electrons. The summed E-state index contributed by atoms with van der Waals surface area (Å²) < 4.78 is 0. The van der Waals surface area contributed by atoms with Crippen molar-refractivity contribution in [2.24, 2.45) is 0 Å². The molecule has 2 aliphatic carbocycles. The zero-order valence-corrected chi connectivity index (χ0v) is 10.2. The highest BCUT2D eigenvalue weighted by Crippen LogP contribution is 2.23. The molecule has 2 N–H and O–H groups in total. The fourth-order valence-corrected chi connectivity index (χ4v) is 1.71. The first-order chi connectivity index (χ1) is 9.16. The monoisotopic (exact) mass is 255 g/mol. The van der Waals surface area contributed by atoms with Crippen LogP contribution in [-0.2, 0) is 11.3 Å². The van der Waals surface area contributed by atoms with Crippen LogP contribution in [0, 0.1) is 0 Å². The van der Waals surface area contributed by atoms with Crippen LogP contribution in [0.2, 0.25) is 0 Å². The van der Waals surface area contributed by atoms with Crippen LogP contribution in [0.4, 0.5) is 4.79 Å². The molecule has 0 aliphatic heterocycles. The molecule has 0 saturated carbocycles. The number of nitrogens with one attached hydrogen (secondary N) is 1. The lowest BCUT2D eigenvalue weighted by Crippen LogP contribution is -2.19. The SMILES string of the molecule is O=C(O)NCc1ccccc1.O=C1C2=CC=C1C=C2. The summed E-state index contributed by atoms with van der Waals surface area (Å²) >= 11 is 0. The average Bonchev–Trinajstić information content (AvgIpc) is 2.96. The smallest absolute Gasteiger partial charge is 0.404 e. The standard InChI is InChI=1S/C8H9NO2.C7H4O/c10-8(11)9-6-7-4-2-1-3-5-7;8-7-5-1-2-6(7)4-3-5/h1-5,9H,6H2,(H,10,11);1-4H. The molecule has 4 nitrogen and oxygen atoms in total. The second kappa shape index (κ2) is 5.82. The van der Waals surface area contributed by atoms with E-state index in [1.165, 1.54) is 0 Å². The Hall–Kier alpha value is -2.62. The largest absolute Gasteiger partial charge is 0.465 e. The van der Waals surface area contributed by atoms with Crippen molar-refractivity contribution in [3.05, 3.63) is 71.3 Å². The van der Waals surface area contributed by atoms with Gasteiger partial charge >= 0.3 is 6.09 Å². The summed E-state index contributed by atoms with van der Waals surface area (Å²) in [5.74, 6) is 0.185. The average molecular weight is 255 g/mol. The summed E-state index contributed by atoms with van der Waals surface area (Å²) in [5.41, 5.74) is 2.63. The van der Waals surface area contributed by atoms with Crippen molar-refractivity contribution in [2.45, 2.75) is 6.54 Å². The number of hydrogen-bond donors (Lipinski definition) is 2. The molecule has 0 saturated heterocycles. The molecule has 4 heteroatoms. The van der Waals surface area contributed by atoms with Gasteiger partial charge in [-0.15, -0.1) is 0 Å². The van der Waals surface area contributed by atoms with Gasteiger partial charge in [0.1, 0.15) is 0 Å². The van der Waals surface area contributed by atoms with Crippen molar-refractivity contribution in [1.29, 1.82) is 0 Å². The van der Waals surface area contributed by atoms with Gasteiger partial charge < -0.3 is 10.4 Å². The lowest BCUT2D eigenvalue weighted by molar-refractivity contribution is -0.111. The molecule has 0 aromatic heterocycles. The number of rotatable bonds is 2. The van der Waals surface area contributed by atoms with Crippen LogP contribution in [-0.4, -0.2) is 17.0 Å². The molecule has 2 bridgehead atoms. The maximum absolute atomic E-state index is 10.8. The Morgan fingerprint density at radius 2 is 1.63 bits per heavy atom. The van der Waals surface area contributed by atoms with Gasteiger partial charge in [0, 0.05) is 17.7 Å². The number of hydrogen-bond acceptors (Lipinski definition) is 2. The molecule has 2 aliphatic rings. The van der Waals surface area contributed by atoms with Crippen LogP contribution in [0.15, 0.2) is 65.8 Å². The third-order valence-electron chi connectivity index (χ3n) is 2.70. The van der Waals surface area contributed by atoms with E-state index in [1.807, 2.05) is 54.6 Å². The van der Waals surface area contributed by atoms with Gasteiger partial charge in [-0.25, -0.2) is 4.79 Å². The van der Waals surface area contributed by atoms with Crippen molar-refractivity contribution < 1.29 is 14.7 Å². The van der Waals surface area contributed by atoms with Crippen LogP contribution in [0.5, 0.6) is 0 Å². The predicted molar refractivity (Wildman–Crippen MR) is 71.6 cm³/mol. The molecule has 1 aromatic carbocycles. The molecular weight excluding hydrogens is 242 g/mol. The summed E-state index contributed by atoms with van der Waals surface area (Å²) in [7, 11) is 0. The minimum Gasteiger partial charge on any atom is -0.465 e. The van der Waals surface area contributed by atoms with Gasteiger partial charge in [-0.1, -0.05) is 54.6 Å². The zero-order chi connectivity index (χ0) is 13.7. The van der Waals surface area contributed by atoms with Crippen LogP contribution in [0.25, 0.3) is 0 Å². The molecule has 96 valence electrons. The topological polar surface area (TPSA) is 66.4 Å². The van der Waals surface area contributed by atoms with E-state index in [0.29, 0.717) is 6.54 Å². The second-order valence-corrected chi connectivity index (χ2v) is 4.05. The van der Waals surface area contributed by atoms with E-state index in [2.05, 4.69) is 5.32 Å². The van der Waals surface area contributed by atoms with Gasteiger partial charge in [0.25, 0.3) is 0 Å². The van der Waals surface area contributed by atoms with Gasteiger partial charge in [-0.2, -0.15) is 0 Å². The molecule has 19 heavy (non-hydrogen) atoms. The Labute approximate surface area is 110 Å². The van der Waals surface area contributed by atoms with E-state index in [0.717, 1.165) is 16.7 Å². The first-order valence-electron chi connectivity index (χ1n) is 5.82. The van der Waals surface area contributed by atoms with E-state index in [4.69, 9.17) is 5.11 Å². The van der Waals surface area contributed by atoms with Crippen molar-refractivity contribution in [1.82, 2.24) is 5.32 Å². The Kier molecular flexibility index (Phi) is 3.93. The van der Waals surface area contributed by atoms with Crippen LogP contribution in [0.1, 0.15) is 5.56 Å². The normalized spacial score (nSPS) is 14.4. The highest BCUT2D eigenvalue weighted by molar-refractivity contribution is 6.17. The van der Waals surface area contributed by atoms with Gasteiger partial charge in [0.05, 0.1) is 0 Å². The van der Waals surface area contributed by atoms with Crippen LogP contribution >= 0.6 is 0 Å². The highest BCUT2D eigenvalue weighted by atomic mass is 16.4. The molecule has 0 fully saturated rings. The van der Waals surface area contributed by atoms with E-state index < -0.39 is 6.09 Å². The molecular formula is C15H13NO3. The maximum Gasteiger partial charge on any atom is 0.404 e. The molecule has 0 atom stereocenters. The molecule has 3 rings (SSSR count). The van der Waals surface area contributed by atoms with E-state index >= 15 is 0 Å². The van der Waals surface area contributed by atoms with Crippen LogP contribution in [0.3, 0.4) is 0 Å². The molecule has 0 heterocycles. The van der Waals surface area contributed by atoms with Gasteiger partial charge in [0.2, 0.25) is 0 Å². The number of ketones is 1. The van der Waals surface area contributed by atoms with Gasteiger partial charge in [0.15, 0.2) is 5.78 Å². The Bertz CT molecular complexity index is 559. The zero-order valence-electron chi connectivity index (χ0n) is 10.2. The predicted octanol–water partition coefficient (Wildman–Crippen LogP) is 2.45. The number of carbonyl (C=O) groups is 2. The van der Waals surface area contributed by atoms with E-state index in [1.54, 1.807) is 0 Å². The summed E-state index contributed by atoms with van der Waals surface area (Å²) in [4.78, 5) is 20.8. The number of fused-ring (bicyclic) bond motifs is 2. The third kappa shape index (κ3) is 3.42. The third-order valence-corrected chi connectivity index (χ3v) is 2.70. The van der Waals surface area contributed by atoms with Crippen molar-refractivity contribution in [2.75, 3.05) is 0 Å². The highest BCUT2D eigenvalue weighted by Gasteiger charge is 2.19. The van der Waals surface area contributed by atoms with Gasteiger partial charge in [-0.3, -0.25) is 4.79 Å². The van der Waals surface area contributed by atoms with E-state index in [-0.39, 0.29) is 5.78 Å². The second-order valence-electron chi connectivity index (χ2n) is 4.05. The summed E-state index contributed by atoms with van der Waals surface area (Å²) in [6.07, 6.45) is 6.39. The fraction of sp³-hybridized carbons (Fsp3) is 0.0667. The fourth-order valence-electron chi connectivity index (χ4n) is 1.71. The molecule has 1 amide bonds. The maximum atomic E-state index is 10.8. The van der Waals surface area contributed by atoms with Crippen LogP contribution < -0.4 is 5.32 Å². The Morgan fingerprint density at radius 3 is 2.00 bits per heavy atom. The van der Waals surface area contributed by atoms with Gasteiger partial charge in [-0.05, 0) is 5.56 Å². The lowest BCUT2D eigenvalue weighted by Gasteiger charge is -1.98.